The Labute approximate surface area is 140 Å². The summed E-state index contributed by atoms with van der Waals surface area (Å²) in [6, 6.07) is 0.0757. The van der Waals surface area contributed by atoms with E-state index in [-0.39, 0.29) is 18.1 Å². The van der Waals surface area contributed by atoms with Crippen molar-refractivity contribution in [2.45, 2.75) is 77.2 Å². The molecule has 3 N–H and O–H groups in total. The molecule has 0 aromatic rings. The molecule has 0 aromatic carbocycles. The first-order chi connectivity index (χ1) is 10.8. The highest BCUT2D eigenvalue weighted by molar-refractivity contribution is 5.24. The highest BCUT2D eigenvalue weighted by Gasteiger charge is 2.49. The molecular formula is C19H33NO3. The van der Waals surface area contributed by atoms with E-state index in [0.717, 1.165) is 49.9 Å². The third kappa shape index (κ3) is 4.05. The minimum absolute atomic E-state index is 0.0757. The molecule has 0 radical (unpaired) electrons. The molecule has 0 saturated carbocycles. The van der Waals surface area contributed by atoms with E-state index in [9.17, 15) is 15.3 Å². The molecule has 0 amide bonds. The summed E-state index contributed by atoms with van der Waals surface area (Å²) in [5.74, 6) is 0.272. The van der Waals surface area contributed by atoms with Gasteiger partial charge in [0, 0.05) is 12.6 Å². The molecule has 4 nitrogen and oxygen atoms in total. The summed E-state index contributed by atoms with van der Waals surface area (Å²) in [6.07, 6.45) is 6.67. The second-order valence-corrected chi connectivity index (χ2v) is 7.58. The Morgan fingerprint density at radius 2 is 2.17 bits per heavy atom. The molecule has 2 fully saturated rings. The Kier molecular flexibility index (Phi) is 6.06. The van der Waals surface area contributed by atoms with Gasteiger partial charge in [-0.3, -0.25) is 4.90 Å². The highest BCUT2D eigenvalue weighted by Crippen LogP contribution is 2.37. The lowest BCUT2D eigenvalue weighted by atomic mass is 9.80. The zero-order chi connectivity index (χ0) is 17.2. The average Bonchev–Trinajstić information content (AvgIpc) is 2.98. The van der Waals surface area contributed by atoms with Gasteiger partial charge in [0.25, 0.3) is 0 Å². The van der Waals surface area contributed by atoms with Crippen molar-refractivity contribution < 1.29 is 15.3 Å². The van der Waals surface area contributed by atoms with Crippen LogP contribution < -0.4 is 0 Å². The lowest BCUT2D eigenvalue weighted by Crippen LogP contribution is -2.61. The molecule has 2 heterocycles. The third-order valence-corrected chi connectivity index (χ3v) is 5.55. The van der Waals surface area contributed by atoms with Crippen molar-refractivity contribution in [1.29, 1.82) is 0 Å². The van der Waals surface area contributed by atoms with Gasteiger partial charge in [0.2, 0.25) is 0 Å². The van der Waals surface area contributed by atoms with E-state index in [4.69, 9.17) is 0 Å². The molecule has 4 heteroatoms. The van der Waals surface area contributed by atoms with Crippen LogP contribution in [0.5, 0.6) is 0 Å². The molecule has 2 aliphatic heterocycles. The average molecular weight is 323 g/mol. The van der Waals surface area contributed by atoms with Gasteiger partial charge in [-0.1, -0.05) is 26.0 Å². The molecule has 23 heavy (non-hydrogen) atoms. The molecular weight excluding hydrogens is 290 g/mol. The number of aliphatic hydroxyl groups excluding tert-OH is 2. The fraction of sp³-hybridized carbons (Fsp3) is 0.789. The van der Waals surface area contributed by atoms with E-state index < -0.39 is 11.7 Å². The molecule has 0 spiro atoms. The van der Waals surface area contributed by atoms with Crippen molar-refractivity contribution in [1.82, 2.24) is 4.90 Å². The smallest absolute Gasteiger partial charge is 0.107 e. The molecule has 0 unspecified atom stereocenters. The molecule has 132 valence electrons. The maximum absolute atomic E-state index is 10.7. The zero-order valence-electron chi connectivity index (χ0n) is 15.0. The van der Waals surface area contributed by atoms with Crippen molar-refractivity contribution in [3.63, 3.8) is 0 Å². The summed E-state index contributed by atoms with van der Waals surface area (Å²) >= 11 is 0. The number of rotatable bonds is 5. The Bertz CT molecular complexity index is 469. The SMILES string of the molecule is CC[C@H](O)/C(C)=C/C[C@@H](C)/C=C1/CN2CCC[C@H]2[C@@](C)(O)[C@@H]1O. The van der Waals surface area contributed by atoms with E-state index in [1.165, 1.54) is 0 Å². The first kappa shape index (κ1) is 18.7. The number of hydrogen-bond donors (Lipinski definition) is 3. The fourth-order valence-corrected chi connectivity index (χ4v) is 3.96. The quantitative estimate of drug-likeness (QED) is 0.679. The maximum Gasteiger partial charge on any atom is 0.107 e. The molecule has 5 atom stereocenters. The molecule has 2 aliphatic rings. The second-order valence-electron chi connectivity index (χ2n) is 7.58. The van der Waals surface area contributed by atoms with Crippen LogP contribution in [0.3, 0.4) is 0 Å². The predicted molar refractivity (Wildman–Crippen MR) is 93.1 cm³/mol. The summed E-state index contributed by atoms with van der Waals surface area (Å²) in [4.78, 5) is 2.30. The topological polar surface area (TPSA) is 63.9 Å². The number of piperidine rings is 1. The van der Waals surface area contributed by atoms with Gasteiger partial charge in [-0.05, 0) is 63.1 Å². The van der Waals surface area contributed by atoms with Crippen LogP contribution in [0.1, 0.15) is 53.4 Å². The lowest BCUT2D eigenvalue weighted by molar-refractivity contribution is -0.110. The standard InChI is InChI=1S/C19H33NO3/c1-5-16(21)14(3)9-8-13(2)11-15-12-20-10-6-7-17(20)19(4,23)18(15)22/h9,11,13,16-18,21-23H,5-8,10,12H2,1-4H3/b14-9+,15-11-/t13-,16+,17+,18-,19-/m1/s1. The lowest BCUT2D eigenvalue weighted by Gasteiger charge is -2.46. The highest BCUT2D eigenvalue weighted by atomic mass is 16.3. The van der Waals surface area contributed by atoms with Crippen LogP contribution in [0.4, 0.5) is 0 Å². The zero-order valence-corrected chi connectivity index (χ0v) is 15.0. The Balaban J connectivity index is 2.06. The molecule has 0 bridgehead atoms. The van der Waals surface area contributed by atoms with Crippen molar-refractivity contribution in [2.24, 2.45) is 5.92 Å². The van der Waals surface area contributed by atoms with Gasteiger partial charge >= 0.3 is 0 Å². The normalized spacial score (nSPS) is 37.0. The van der Waals surface area contributed by atoms with Gasteiger partial charge in [-0.25, -0.2) is 0 Å². The Hall–Kier alpha value is -0.680. The summed E-state index contributed by atoms with van der Waals surface area (Å²) in [6.45, 7) is 9.57. The van der Waals surface area contributed by atoms with Crippen LogP contribution >= 0.6 is 0 Å². The van der Waals surface area contributed by atoms with E-state index in [1.54, 1.807) is 6.92 Å². The van der Waals surface area contributed by atoms with E-state index in [1.807, 2.05) is 13.8 Å². The van der Waals surface area contributed by atoms with Gasteiger partial charge < -0.3 is 15.3 Å². The van der Waals surface area contributed by atoms with Crippen molar-refractivity contribution in [3.05, 3.63) is 23.3 Å². The van der Waals surface area contributed by atoms with Gasteiger partial charge in [0.15, 0.2) is 0 Å². The number of allylic oxidation sites excluding steroid dienone is 2. The molecule has 0 aliphatic carbocycles. The first-order valence-corrected chi connectivity index (χ1v) is 8.97. The van der Waals surface area contributed by atoms with Crippen molar-refractivity contribution >= 4 is 0 Å². The first-order valence-electron chi connectivity index (χ1n) is 8.97. The number of aliphatic hydroxyl groups is 3. The van der Waals surface area contributed by atoms with Gasteiger partial charge in [-0.2, -0.15) is 0 Å². The summed E-state index contributed by atoms with van der Waals surface area (Å²) < 4.78 is 0. The van der Waals surface area contributed by atoms with E-state index >= 15 is 0 Å². The molecule has 2 rings (SSSR count). The molecule has 0 aromatic heterocycles. The van der Waals surface area contributed by atoms with Crippen LogP contribution in [-0.4, -0.2) is 57.2 Å². The largest absolute Gasteiger partial charge is 0.389 e. The van der Waals surface area contributed by atoms with Crippen LogP contribution in [0.25, 0.3) is 0 Å². The van der Waals surface area contributed by atoms with Crippen LogP contribution in [0, 0.1) is 5.92 Å². The number of fused-ring (bicyclic) bond motifs is 1. The van der Waals surface area contributed by atoms with Crippen LogP contribution in [-0.2, 0) is 0 Å². The number of hydrogen-bond acceptors (Lipinski definition) is 4. The monoisotopic (exact) mass is 323 g/mol. The van der Waals surface area contributed by atoms with Gasteiger partial charge in [-0.15, -0.1) is 0 Å². The maximum atomic E-state index is 10.7. The number of nitrogens with zero attached hydrogens (tertiary/aromatic N) is 1. The second kappa shape index (κ2) is 7.47. The van der Waals surface area contributed by atoms with Crippen LogP contribution in [0.2, 0.25) is 0 Å². The van der Waals surface area contributed by atoms with Crippen molar-refractivity contribution in [3.8, 4) is 0 Å². The minimum atomic E-state index is -1.07. The van der Waals surface area contributed by atoms with E-state index in [0.29, 0.717) is 0 Å². The summed E-state index contributed by atoms with van der Waals surface area (Å²) in [5.41, 5.74) is 0.876. The Morgan fingerprint density at radius 1 is 1.48 bits per heavy atom. The van der Waals surface area contributed by atoms with Crippen LogP contribution in [0.15, 0.2) is 23.3 Å². The van der Waals surface area contributed by atoms with Gasteiger partial charge in [0.05, 0.1) is 6.10 Å². The van der Waals surface area contributed by atoms with E-state index in [2.05, 4.69) is 24.0 Å². The summed E-state index contributed by atoms with van der Waals surface area (Å²) in [5, 5.41) is 31.1. The fourth-order valence-electron chi connectivity index (χ4n) is 3.96. The molecule has 2 saturated heterocycles. The Morgan fingerprint density at radius 3 is 2.83 bits per heavy atom. The minimum Gasteiger partial charge on any atom is -0.389 e. The third-order valence-electron chi connectivity index (χ3n) is 5.55. The summed E-state index contributed by atoms with van der Waals surface area (Å²) in [7, 11) is 0. The predicted octanol–water partition coefficient (Wildman–Crippen LogP) is 2.25. The van der Waals surface area contributed by atoms with Gasteiger partial charge in [0.1, 0.15) is 11.7 Å². The van der Waals surface area contributed by atoms with Crippen molar-refractivity contribution in [2.75, 3.05) is 13.1 Å².